The molecule has 2 amide bonds. The van der Waals surface area contributed by atoms with E-state index in [1.54, 1.807) is 12.1 Å². The summed E-state index contributed by atoms with van der Waals surface area (Å²) in [6.07, 6.45) is 0.587. The van der Waals surface area contributed by atoms with Crippen molar-refractivity contribution < 1.29 is 14.5 Å². The number of aryl methyl sites for hydroxylation is 1. The molecule has 3 aromatic rings. The zero-order valence-electron chi connectivity index (χ0n) is 17.7. The van der Waals surface area contributed by atoms with E-state index in [0.717, 1.165) is 10.5 Å². The lowest BCUT2D eigenvalue weighted by Crippen LogP contribution is -2.24. The first-order valence-corrected chi connectivity index (χ1v) is 10.9. The summed E-state index contributed by atoms with van der Waals surface area (Å²) in [7, 11) is 0. The average molecular weight is 450 g/mol. The van der Waals surface area contributed by atoms with E-state index in [2.05, 4.69) is 10.6 Å². The summed E-state index contributed by atoms with van der Waals surface area (Å²) in [6, 6.07) is 20.4. The molecule has 8 heteroatoms. The maximum atomic E-state index is 12.7. The SMILES string of the molecule is CCC(Sc1cccc(NC(=O)c2ccccc2C)c1)C(=O)Nc1ccc([N+](=O)[O-])cc1. The first-order chi connectivity index (χ1) is 15.4. The molecular formula is C24H23N3O4S. The second kappa shape index (κ2) is 10.6. The number of hydrogen-bond acceptors (Lipinski definition) is 5. The van der Waals surface area contributed by atoms with Gasteiger partial charge in [-0.15, -0.1) is 11.8 Å². The summed E-state index contributed by atoms with van der Waals surface area (Å²) < 4.78 is 0. The maximum absolute atomic E-state index is 12.7. The monoisotopic (exact) mass is 449 g/mol. The summed E-state index contributed by atoms with van der Waals surface area (Å²) in [4.78, 5) is 36.4. The van der Waals surface area contributed by atoms with Crippen LogP contribution in [0.2, 0.25) is 0 Å². The molecule has 0 heterocycles. The Morgan fingerprint density at radius 2 is 1.69 bits per heavy atom. The standard InChI is InChI=1S/C24H23N3O4S/c1-3-22(24(29)25-17-11-13-19(14-12-17)27(30)31)32-20-9-6-8-18(15-20)26-23(28)21-10-5-4-7-16(21)2/h4-15,22H,3H2,1-2H3,(H,25,29)(H,26,28). The fraction of sp³-hybridized carbons (Fsp3) is 0.167. The van der Waals surface area contributed by atoms with Crippen molar-refractivity contribution in [2.45, 2.75) is 30.4 Å². The van der Waals surface area contributed by atoms with Gasteiger partial charge in [0.15, 0.2) is 0 Å². The molecule has 0 saturated carbocycles. The molecule has 0 aliphatic heterocycles. The molecule has 3 rings (SSSR count). The van der Waals surface area contributed by atoms with Gasteiger partial charge in [-0.05, 0) is 55.3 Å². The molecule has 1 atom stereocenters. The highest BCUT2D eigenvalue weighted by atomic mass is 32.2. The van der Waals surface area contributed by atoms with Crippen LogP contribution in [0.3, 0.4) is 0 Å². The van der Waals surface area contributed by atoms with Gasteiger partial charge in [0.2, 0.25) is 5.91 Å². The summed E-state index contributed by atoms with van der Waals surface area (Å²) >= 11 is 1.39. The van der Waals surface area contributed by atoms with Gasteiger partial charge in [-0.1, -0.05) is 31.2 Å². The van der Waals surface area contributed by atoms with Crippen molar-refractivity contribution >= 4 is 40.6 Å². The predicted octanol–water partition coefficient (Wildman–Crippen LogP) is 5.66. The second-order valence-electron chi connectivity index (χ2n) is 7.10. The van der Waals surface area contributed by atoms with Gasteiger partial charge in [-0.2, -0.15) is 0 Å². The minimum atomic E-state index is -0.485. The van der Waals surface area contributed by atoms with Gasteiger partial charge in [0.05, 0.1) is 10.2 Å². The quantitative estimate of drug-likeness (QED) is 0.262. The van der Waals surface area contributed by atoms with E-state index in [4.69, 9.17) is 0 Å². The molecule has 0 bridgehead atoms. The van der Waals surface area contributed by atoms with Crippen LogP contribution >= 0.6 is 11.8 Å². The van der Waals surface area contributed by atoms with Crippen LogP contribution in [0, 0.1) is 17.0 Å². The number of nitro benzene ring substituents is 1. The highest BCUT2D eigenvalue weighted by molar-refractivity contribution is 8.00. The number of rotatable bonds is 8. The third-order valence-corrected chi connectivity index (χ3v) is 6.13. The highest BCUT2D eigenvalue weighted by Crippen LogP contribution is 2.29. The summed E-state index contributed by atoms with van der Waals surface area (Å²) in [5.74, 6) is -0.381. The Bertz CT molecular complexity index is 1130. The van der Waals surface area contributed by atoms with E-state index in [1.807, 2.05) is 50.2 Å². The van der Waals surface area contributed by atoms with Crippen LogP contribution in [0.15, 0.2) is 77.7 Å². The van der Waals surface area contributed by atoms with E-state index in [0.29, 0.717) is 23.4 Å². The fourth-order valence-electron chi connectivity index (χ4n) is 3.05. The molecule has 0 aliphatic rings. The number of carbonyl (C=O) groups is 2. The van der Waals surface area contributed by atoms with Gasteiger partial charge in [0.1, 0.15) is 0 Å². The number of carbonyl (C=O) groups excluding carboxylic acids is 2. The molecule has 0 fully saturated rings. The smallest absolute Gasteiger partial charge is 0.269 e. The van der Waals surface area contributed by atoms with Crippen molar-refractivity contribution in [1.82, 2.24) is 0 Å². The number of anilines is 2. The molecule has 3 aromatic carbocycles. The zero-order valence-corrected chi connectivity index (χ0v) is 18.5. The minimum Gasteiger partial charge on any atom is -0.325 e. The van der Waals surface area contributed by atoms with Crippen molar-refractivity contribution in [3.8, 4) is 0 Å². The van der Waals surface area contributed by atoms with E-state index in [9.17, 15) is 19.7 Å². The number of thioether (sulfide) groups is 1. The van der Waals surface area contributed by atoms with Crippen LogP contribution in [0.25, 0.3) is 0 Å². The maximum Gasteiger partial charge on any atom is 0.269 e. The van der Waals surface area contributed by atoms with Crippen LogP contribution in [0.5, 0.6) is 0 Å². The topological polar surface area (TPSA) is 101 Å². The summed E-state index contributed by atoms with van der Waals surface area (Å²) in [5.41, 5.74) is 2.62. The predicted molar refractivity (Wildman–Crippen MR) is 127 cm³/mol. The lowest BCUT2D eigenvalue weighted by molar-refractivity contribution is -0.384. The van der Waals surface area contributed by atoms with Crippen LogP contribution in [-0.2, 0) is 4.79 Å². The van der Waals surface area contributed by atoms with Gasteiger partial charge < -0.3 is 10.6 Å². The number of benzene rings is 3. The summed E-state index contributed by atoms with van der Waals surface area (Å²) in [6.45, 7) is 3.80. The number of amides is 2. The summed E-state index contributed by atoms with van der Waals surface area (Å²) in [5, 5.41) is 16.1. The number of hydrogen-bond donors (Lipinski definition) is 2. The van der Waals surface area contributed by atoms with E-state index < -0.39 is 4.92 Å². The van der Waals surface area contributed by atoms with Crippen LogP contribution in [-0.4, -0.2) is 22.0 Å². The number of nitrogens with zero attached hydrogens (tertiary/aromatic N) is 1. The van der Waals surface area contributed by atoms with E-state index >= 15 is 0 Å². The second-order valence-corrected chi connectivity index (χ2v) is 8.38. The average Bonchev–Trinajstić information content (AvgIpc) is 2.78. The van der Waals surface area contributed by atoms with Gasteiger partial charge in [-0.3, -0.25) is 19.7 Å². The first-order valence-electron chi connectivity index (χ1n) is 10.1. The van der Waals surface area contributed by atoms with Gasteiger partial charge in [0.25, 0.3) is 11.6 Å². The van der Waals surface area contributed by atoms with Crippen molar-refractivity contribution in [1.29, 1.82) is 0 Å². The number of non-ortho nitro benzene ring substituents is 1. The molecular weight excluding hydrogens is 426 g/mol. The van der Waals surface area contributed by atoms with E-state index in [-0.39, 0.29) is 22.8 Å². The van der Waals surface area contributed by atoms with Crippen molar-refractivity contribution in [2.75, 3.05) is 10.6 Å². The number of nitrogens with one attached hydrogen (secondary N) is 2. The Balaban J connectivity index is 1.66. The Labute approximate surface area is 190 Å². The lowest BCUT2D eigenvalue weighted by Gasteiger charge is -2.15. The fourth-order valence-corrected chi connectivity index (χ4v) is 4.06. The molecule has 164 valence electrons. The molecule has 1 unspecified atom stereocenters. The molecule has 0 aromatic heterocycles. The Hall–Kier alpha value is -3.65. The first kappa shape index (κ1) is 23.0. The van der Waals surface area contributed by atoms with Crippen LogP contribution in [0.4, 0.5) is 17.1 Å². The van der Waals surface area contributed by atoms with Gasteiger partial charge in [-0.25, -0.2) is 0 Å². The molecule has 0 spiro atoms. The largest absolute Gasteiger partial charge is 0.325 e. The zero-order chi connectivity index (χ0) is 23.1. The number of nitro groups is 1. The van der Waals surface area contributed by atoms with Crippen LogP contribution in [0.1, 0.15) is 29.3 Å². The Kier molecular flexibility index (Phi) is 7.62. The Morgan fingerprint density at radius 1 is 0.969 bits per heavy atom. The van der Waals surface area contributed by atoms with Gasteiger partial charge >= 0.3 is 0 Å². The third kappa shape index (κ3) is 5.95. The third-order valence-electron chi connectivity index (χ3n) is 4.77. The minimum absolute atomic E-state index is 0.0334. The molecule has 0 radical (unpaired) electrons. The van der Waals surface area contributed by atoms with Crippen LogP contribution < -0.4 is 10.6 Å². The normalized spacial score (nSPS) is 11.4. The molecule has 0 saturated heterocycles. The van der Waals surface area contributed by atoms with Gasteiger partial charge in [0, 0.05) is 34.0 Å². The Morgan fingerprint density at radius 3 is 2.34 bits per heavy atom. The van der Waals surface area contributed by atoms with E-state index in [1.165, 1.54) is 36.0 Å². The van der Waals surface area contributed by atoms with Crippen molar-refractivity contribution in [3.05, 3.63) is 94.0 Å². The molecule has 7 nitrogen and oxygen atoms in total. The lowest BCUT2D eigenvalue weighted by atomic mass is 10.1. The molecule has 2 N–H and O–H groups in total. The van der Waals surface area contributed by atoms with Crippen molar-refractivity contribution in [2.24, 2.45) is 0 Å². The molecule has 32 heavy (non-hydrogen) atoms. The highest BCUT2D eigenvalue weighted by Gasteiger charge is 2.19. The molecule has 0 aliphatic carbocycles. The van der Waals surface area contributed by atoms with Crippen molar-refractivity contribution in [3.63, 3.8) is 0 Å².